The molecule has 2 heteroatoms. The Labute approximate surface area is 129 Å². The van der Waals surface area contributed by atoms with Crippen molar-refractivity contribution in [3.05, 3.63) is 71.3 Å². The predicted octanol–water partition coefficient (Wildman–Crippen LogP) is 4.22. The van der Waals surface area contributed by atoms with Crippen molar-refractivity contribution in [2.24, 2.45) is 0 Å². The fraction of sp³-hybridized carbons (Fsp3) is 0.333. The average Bonchev–Trinajstić information content (AvgIpc) is 2.46. The number of benzene rings is 2. The normalized spacial score (nSPS) is 16.8. The van der Waals surface area contributed by atoms with Crippen molar-refractivity contribution in [3.63, 3.8) is 0 Å². The Hall–Kier alpha value is -1.12. The molecule has 0 heterocycles. The lowest BCUT2D eigenvalue weighted by atomic mass is 9.77. The van der Waals surface area contributed by atoms with Gasteiger partial charge < -0.3 is 0 Å². The van der Waals surface area contributed by atoms with Crippen LogP contribution in [0.5, 0.6) is 0 Å². The summed E-state index contributed by atoms with van der Waals surface area (Å²) in [5.74, 6) is 0.717. The first-order valence-corrected chi connectivity index (χ1v) is 8.39. The van der Waals surface area contributed by atoms with E-state index in [1.165, 1.54) is 17.5 Å². The quantitative estimate of drug-likeness (QED) is 0.717. The molecule has 0 fully saturated rings. The molecule has 0 saturated heterocycles. The SMILES string of the molecule is BrCCN(Cc1ccccc1)CC1Cc2ccccc21. The summed E-state index contributed by atoms with van der Waals surface area (Å²) in [6.07, 6.45) is 1.24. The first kappa shape index (κ1) is 13.8. The fourth-order valence-corrected chi connectivity index (χ4v) is 3.53. The minimum atomic E-state index is 0.717. The van der Waals surface area contributed by atoms with Crippen molar-refractivity contribution < 1.29 is 0 Å². The van der Waals surface area contributed by atoms with Crippen LogP contribution in [0.25, 0.3) is 0 Å². The number of nitrogens with zero attached hydrogens (tertiary/aromatic N) is 1. The molecule has 0 N–H and O–H groups in total. The summed E-state index contributed by atoms with van der Waals surface area (Å²) in [6.45, 7) is 3.32. The number of halogens is 1. The second-order valence-electron chi connectivity index (χ2n) is 5.51. The van der Waals surface area contributed by atoms with E-state index < -0.39 is 0 Å². The molecular formula is C18H20BrN. The molecule has 1 aliphatic rings. The van der Waals surface area contributed by atoms with Gasteiger partial charge in [0, 0.05) is 30.9 Å². The van der Waals surface area contributed by atoms with E-state index in [9.17, 15) is 0 Å². The molecule has 1 nitrogen and oxygen atoms in total. The Morgan fingerprint density at radius 2 is 1.75 bits per heavy atom. The van der Waals surface area contributed by atoms with Gasteiger partial charge in [0.05, 0.1) is 0 Å². The summed E-state index contributed by atoms with van der Waals surface area (Å²) in [4.78, 5) is 2.56. The highest BCUT2D eigenvalue weighted by atomic mass is 79.9. The van der Waals surface area contributed by atoms with Crippen molar-refractivity contribution in [2.75, 3.05) is 18.4 Å². The monoisotopic (exact) mass is 329 g/mol. The minimum Gasteiger partial charge on any atom is -0.298 e. The fourth-order valence-electron chi connectivity index (χ4n) is 3.03. The molecule has 0 bridgehead atoms. The average molecular weight is 330 g/mol. The van der Waals surface area contributed by atoms with Gasteiger partial charge in [0.15, 0.2) is 0 Å². The van der Waals surface area contributed by atoms with Gasteiger partial charge in [0.2, 0.25) is 0 Å². The molecule has 2 aromatic rings. The first-order valence-electron chi connectivity index (χ1n) is 7.27. The predicted molar refractivity (Wildman–Crippen MR) is 88.4 cm³/mol. The summed E-state index contributed by atoms with van der Waals surface area (Å²) >= 11 is 3.58. The van der Waals surface area contributed by atoms with Crippen molar-refractivity contribution in [1.82, 2.24) is 4.90 Å². The highest BCUT2D eigenvalue weighted by molar-refractivity contribution is 9.09. The Balaban J connectivity index is 1.64. The van der Waals surface area contributed by atoms with Crippen LogP contribution < -0.4 is 0 Å². The molecule has 3 rings (SSSR count). The molecule has 2 aromatic carbocycles. The largest absolute Gasteiger partial charge is 0.298 e. The van der Waals surface area contributed by atoms with E-state index in [1.807, 2.05) is 0 Å². The highest BCUT2D eigenvalue weighted by Crippen LogP contribution is 2.35. The third kappa shape index (κ3) is 3.13. The topological polar surface area (TPSA) is 3.24 Å². The molecule has 0 saturated carbocycles. The van der Waals surface area contributed by atoms with E-state index in [0.717, 1.165) is 25.0 Å². The van der Waals surface area contributed by atoms with Crippen molar-refractivity contribution in [2.45, 2.75) is 18.9 Å². The van der Waals surface area contributed by atoms with Gasteiger partial charge in [-0.2, -0.15) is 0 Å². The van der Waals surface area contributed by atoms with Gasteiger partial charge in [-0.1, -0.05) is 70.5 Å². The molecule has 1 aliphatic carbocycles. The van der Waals surface area contributed by atoms with Crippen LogP contribution in [0.15, 0.2) is 54.6 Å². The van der Waals surface area contributed by atoms with Gasteiger partial charge in [-0.25, -0.2) is 0 Å². The molecule has 0 spiro atoms. The summed E-state index contributed by atoms with van der Waals surface area (Å²) in [7, 11) is 0. The van der Waals surface area contributed by atoms with Crippen LogP contribution in [0, 0.1) is 0 Å². The van der Waals surface area contributed by atoms with Gasteiger partial charge in [-0.15, -0.1) is 0 Å². The Bertz CT molecular complexity index is 552. The molecule has 0 amide bonds. The van der Waals surface area contributed by atoms with E-state index >= 15 is 0 Å². The van der Waals surface area contributed by atoms with Crippen LogP contribution in [0.3, 0.4) is 0 Å². The zero-order valence-electron chi connectivity index (χ0n) is 11.6. The molecule has 20 heavy (non-hydrogen) atoms. The molecule has 0 aromatic heterocycles. The van der Waals surface area contributed by atoms with Gasteiger partial charge in [-0.05, 0) is 23.1 Å². The van der Waals surface area contributed by atoms with Crippen LogP contribution in [0.2, 0.25) is 0 Å². The number of hydrogen-bond donors (Lipinski definition) is 0. The summed E-state index contributed by atoms with van der Waals surface area (Å²) < 4.78 is 0. The standard InChI is InChI=1S/C18H20BrN/c19-10-11-20(13-15-6-2-1-3-7-15)14-17-12-16-8-4-5-9-18(16)17/h1-9,17H,10-14H2. The van der Waals surface area contributed by atoms with Crippen LogP contribution >= 0.6 is 15.9 Å². The minimum absolute atomic E-state index is 0.717. The molecular weight excluding hydrogens is 310 g/mol. The van der Waals surface area contributed by atoms with Crippen LogP contribution in [0.1, 0.15) is 22.6 Å². The maximum atomic E-state index is 3.58. The van der Waals surface area contributed by atoms with Crippen molar-refractivity contribution in [1.29, 1.82) is 0 Å². The number of fused-ring (bicyclic) bond motifs is 1. The maximum absolute atomic E-state index is 3.58. The van der Waals surface area contributed by atoms with Crippen LogP contribution in [-0.4, -0.2) is 23.3 Å². The van der Waals surface area contributed by atoms with Crippen molar-refractivity contribution in [3.8, 4) is 0 Å². The van der Waals surface area contributed by atoms with Crippen LogP contribution in [-0.2, 0) is 13.0 Å². The van der Waals surface area contributed by atoms with Gasteiger partial charge in [0.25, 0.3) is 0 Å². The third-order valence-corrected chi connectivity index (χ3v) is 4.44. The Morgan fingerprint density at radius 3 is 2.50 bits per heavy atom. The van der Waals surface area contributed by atoms with E-state index in [2.05, 4.69) is 75.4 Å². The summed E-state index contributed by atoms with van der Waals surface area (Å²) in [5, 5.41) is 1.04. The maximum Gasteiger partial charge on any atom is 0.0234 e. The summed E-state index contributed by atoms with van der Waals surface area (Å²) in [6, 6.07) is 19.6. The first-order chi connectivity index (χ1) is 9.86. The lowest BCUT2D eigenvalue weighted by Crippen LogP contribution is -2.34. The lowest BCUT2D eigenvalue weighted by molar-refractivity contribution is 0.254. The highest BCUT2D eigenvalue weighted by Gasteiger charge is 2.26. The van der Waals surface area contributed by atoms with Gasteiger partial charge in [0.1, 0.15) is 0 Å². The number of rotatable bonds is 6. The molecule has 104 valence electrons. The van der Waals surface area contributed by atoms with Crippen molar-refractivity contribution >= 4 is 15.9 Å². The van der Waals surface area contributed by atoms with Gasteiger partial charge in [-0.3, -0.25) is 4.90 Å². The number of hydrogen-bond acceptors (Lipinski definition) is 1. The molecule has 1 unspecified atom stereocenters. The zero-order valence-corrected chi connectivity index (χ0v) is 13.2. The smallest absolute Gasteiger partial charge is 0.0234 e. The van der Waals surface area contributed by atoms with E-state index in [0.29, 0.717) is 5.92 Å². The van der Waals surface area contributed by atoms with E-state index in [1.54, 1.807) is 5.56 Å². The van der Waals surface area contributed by atoms with E-state index in [-0.39, 0.29) is 0 Å². The third-order valence-electron chi connectivity index (χ3n) is 4.09. The Morgan fingerprint density at radius 1 is 1.00 bits per heavy atom. The number of alkyl halides is 1. The Kier molecular flexibility index (Phi) is 4.54. The second-order valence-corrected chi connectivity index (χ2v) is 6.30. The lowest BCUT2D eigenvalue weighted by Gasteiger charge is -2.34. The molecule has 0 aliphatic heterocycles. The summed E-state index contributed by atoms with van der Waals surface area (Å²) in [5.41, 5.74) is 4.50. The van der Waals surface area contributed by atoms with Crippen LogP contribution in [0.4, 0.5) is 0 Å². The zero-order chi connectivity index (χ0) is 13.8. The molecule has 1 atom stereocenters. The second kappa shape index (κ2) is 6.55. The molecule has 0 radical (unpaired) electrons. The van der Waals surface area contributed by atoms with E-state index in [4.69, 9.17) is 0 Å². The van der Waals surface area contributed by atoms with Gasteiger partial charge >= 0.3 is 0 Å².